The van der Waals surface area contributed by atoms with E-state index in [1.54, 1.807) is 14.2 Å². The first-order chi connectivity index (χ1) is 14.6. The molecule has 0 aromatic heterocycles. The van der Waals surface area contributed by atoms with Crippen LogP contribution in [0.15, 0.2) is 30.3 Å². The first-order valence-electron chi connectivity index (χ1n) is 10.8. The Morgan fingerprint density at radius 1 is 1.10 bits per heavy atom. The third-order valence-corrected chi connectivity index (χ3v) is 6.99. The smallest absolute Gasteiger partial charge is 0.231 e. The van der Waals surface area contributed by atoms with Crippen LogP contribution in [0, 0.1) is 0 Å². The van der Waals surface area contributed by atoms with Gasteiger partial charge in [-0.05, 0) is 42.2 Å². The molecule has 2 aromatic carbocycles. The van der Waals surface area contributed by atoms with E-state index in [2.05, 4.69) is 18.2 Å². The molecule has 2 aromatic rings. The number of fused-ring (bicyclic) bond motifs is 2. The average molecular weight is 413 g/mol. The molecule has 3 aliphatic rings. The van der Waals surface area contributed by atoms with Crippen LogP contribution in [0.25, 0.3) is 0 Å². The fourth-order valence-electron chi connectivity index (χ4n) is 5.13. The van der Waals surface area contributed by atoms with Gasteiger partial charge in [0.2, 0.25) is 12.5 Å². The lowest BCUT2D eigenvalue weighted by molar-refractivity contribution is -0.837. The lowest BCUT2D eigenvalue weighted by Gasteiger charge is -2.37. The van der Waals surface area contributed by atoms with E-state index in [0.29, 0.717) is 0 Å². The third-order valence-electron chi connectivity index (χ3n) is 6.99. The van der Waals surface area contributed by atoms with E-state index in [4.69, 9.17) is 18.9 Å². The second-order valence-corrected chi connectivity index (χ2v) is 8.65. The molecular formula is C24H30NO5+. The summed E-state index contributed by atoms with van der Waals surface area (Å²) in [6.45, 7) is 3.70. The third kappa shape index (κ3) is 3.38. The van der Waals surface area contributed by atoms with E-state index in [0.717, 1.165) is 59.7 Å². The van der Waals surface area contributed by atoms with Gasteiger partial charge in [0.1, 0.15) is 24.9 Å². The number of quaternary nitrogens is 1. The molecule has 2 unspecified atom stereocenters. The van der Waals surface area contributed by atoms with Gasteiger partial charge >= 0.3 is 0 Å². The number of aliphatic hydroxyl groups is 1. The molecule has 5 rings (SSSR count). The standard InChI is InChI=1S/C24H30NO5/c1-27-19-7-4-16(5-8-19)3-6-18(26)14-20-22-17(9-10-25(20)11-12-25)13-21-23(24(22)28-2)30-15-29-21/h4-5,7-8,13,18,20,26H,3,6,9-12,14-15H2,1-2H3/q+1. The molecule has 6 nitrogen and oxygen atoms in total. The maximum atomic E-state index is 11.0. The second-order valence-electron chi connectivity index (χ2n) is 8.65. The summed E-state index contributed by atoms with van der Waals surface area (Å²) in [7, 11) is 3.38. The van der Waals surface area contributed by atoms with Crippen LogP contribution in [-0.2, 0) is 12.8 Å². The highest BCUT2D eigenvalue weighted by molar-refractivity contribution is 5.61. The van der Waals surface area contributed by atoms with E-state index in [1.807, 2.05) is 12.1 Å². The van der Waals surface area contributed by atoms with Gasteiger partial charge in [-0.1, -0.05) is 12.1 Å². The first kappa shape index (κ1) is 19.5. The maximum absolute atomic E-state index is 11.0. The zero-order chi connectivity index (χ0) is 20.7. The summed E-state index contributed by atoms with van der Waals surface area (Å²) in [6.07, 6.45) is 2.97. The molecule has 6 heteroatoms. The highest BCUT2D eigenvalue weighted by Gasteiger charge is 2.54. The van der Waals surface area contributed by atoms with Crippen LogP contribution in [0.4, 0.5) is 0 Å². The van der Waals surface area contributed by atoms with Crippen LogP contribution in [0.5, 0.6) is 23.0 Å². The highest BCUT2D eigenvalue weighted by atomic mass is 16.7. The number of benzene rings is 2. The predicted octanol–water partition coefficient (Wildman–Crippen LogP) is 3.24. The number of ether oxygens (including phenoxy) is 4. The largest absolute Gasteiger partial charge is 0.497 e. The normalized spacial score (nSPS) is 21.2. The molecule has 0 aliphatic carbocycles. The molecule has 3 aliphatic heterocycles. The van der Waals surface area contributed by atoms with Crippen molar-refractivity contribution in [2.24, 2.45) is 0 Å². The van der Waals surface area contributed by atoms with E-state index in [1.165, 1.54) is 29.8 Å². The van der Waals surface area contributed by atoms with Crippen molar-refractivity contribution in [1.82, 2.24) is 0 Å². The van der Waals surface area contributed by atoms with Crippen molar-refractivity contribution < 1.29 is 28.5 Å². The van der Waals surface area contributed by atoms with Crippen LogP contribution < -0.4 is 18.9 Å². The number of hydrogen-bond donors (Lipinski definition) is 1. The summed E-state index contributed by atoms with van der Waals surface area (Å²) in [5, 5.41) is 11.0. The number of nitrogens with zero attached hydrogens (tertiary/aromatic N) is 1. The molecule has 1 saturated heterocycles. The van der Waals surface area contributed by atoms with E-state index >= 15 is 0 Å². The lowest BCUT2D eigenvalue weighted by atomic mass is 9.86. The summed E-state index contributed by atoms with van der Waals surface area (Å²) >= 11 is 0. The Hall–Kier alpha value is -2.44. The molecule has 0 radical (unpaired) electrons. The van der Waals surface area contributed by atoms with Crippen molar-refractivity contribution in [3.8, 4) is 23.0 Å². The minimum absolute atomic E-state index is 0.240. The molecule has 30 heavy (non-hydrogen) atoms. The van der Waals surface area contributed by atoms with Crippen molar-refractivity contribution in [3.63, 3.8) is 0 Å². The Bertz CT molecular complexity index is 922. The van der Waals surface area contributed by atoms with Gasteiger partial charge in [-0.2, -0.15) is 0 Å². The molecule has 1 spiro atoms. The van der Waals surface area contributed by atoms with Gasteiger partial charge < -0.3 is 28.5 Å². The fourth-order valence-corrected chi connectivity index (χ4v) is 5.13. The van der Waals surface area contributed by atoms with E-state index in [9.17, 15) is 5.11 Å². The Labute approximate surface area is 177 Å². The van der Waals surface area contributed by atoms with Crippen LogP contribution in [-0.4, -0.2) is 56.3 Å². The van der Waals surface area contributed by atoms with Gasteiger partial charge in [0.25, 0.3) is 0 Å². The first-order valence-corrected chi connectivity index (χ1v) is 10.8. The molecule has 1 fully saturated rings. The molecule has 0 amide bonds. The summed E-state index contributed by atoms with van der Waals surface area (Å²) in [4.78, 5) is 0. The Balaban J connectivity index is 1.36. The Kier molecular flexibility index (Phi) is 4.99. The zero-order valence-electron chi connectivity index (χ0n) is 17.7. The minimum atomic E-state index is -0.367. The van der Waals surface area contributed by atoms with Gasteiger partial charge in [0.15, 0.2) is 11.5 Å². The number of aliphatic hydroxyl groups excluding tert-OH is 1. The summed E-state index contributed by atoms with van der Waals surface area (Å²) in [5.41, 5.74) is 3.71. The number of hydrogen-bond acceptors (Lipinski definition) is 5. The molecular weight excluding hydrogens is 382 g/mol. The van der Waals surface area contributed by atoms with E-state index < -0.39 is 0 Å². The van der Waals surface area contributed by atoms with Gasteiger partial charge in [0, 0.05) is 12.8 Å². The van der Waals surface area contributed by atoms with Crippen LogP contribution in [0.2, 0.25) is 0 Å². The topological polar surface area (TPSA) is 57.2 Å². The Morgan fingerprint density at radius 3 is 2.60 bits per heavy atom. The van der Waals surface area contributed by atoms with Crippen LogP contribution in [0.1, 0.15) is 35.6 Å². The SMILES string of the molecule is COc1ccc(CCC(O)CC2c3c(cc4c(c3OC)OCO4)CC[N+]23CC3)cc1. The summed E-state index contributed by atoms with van der Waals surface area (Å²) < 4.78 is 23.5. The number of methoxy groups -OCH3 is 2. The van der Waals surface area contributed by atoms with E-state index in [-0.39, 0.29) is 18.9 Å². The summed E-state index contributed by atoms with van der Waals surface area (Å²) in [6, 6.07) is 10.5. The molecule has 0 saturated carbocycles. The highest BCUT2D eigenvalue weighted by Crippen LogP contribution is 2.54. The minimum Gasteiger partial charge on any atom is -0.497 e. The van der Waals surface area contributed by atoms with Crippen LogP contribution in [0.3, 0.4) is 0 Å². The summed E-state index contributed by atoms with van der Waals surface area (Å²) in [5.74, 6) is 3.16. The molecule has 1 N–H and O–H groups in total. The average Bonchev–Trinajstić information content (AvgIpc) is 3.40. The van der Waals surface area contributed by atoms with Gasteiger partial charge in [0.05, 0.1) is 32.4 Å². The monoisotopic (exact) mass is 412 g/mol. The van der Waals surface area contributed by atoms with Crippen molar-refractivity contribution in [3.05, 3.63) is 47.0 Å². The van der Waals surface area contributed by atoms with Gasteiger partial charge in [-0.25, -0.2) is 0 Å². The van der Waals surface area contributed by atoms with Gasteiger partial charge in [-0.15, -0.1) is 0 Å². The zero-order valence-corrected chi connectivity index (χ0v) is 17.7. The van der Waals surface area contributed by atoms with Gasteiger partial charge in [-0.3, -0.25) is 0 Å². The van der Waals surface area contributed by atoms with Crippen molar-refractivity contribution in [1.29, 1.82) is 0 Å². The van der Waals surface area contributed by atoms with Crippen molar-refractivity contribution in [2.45, 2.75) is 37.8 Å². The number of rotatable bonds is 7. The number of aryl methyl sites for hydroxylation is 1. The quantitative estimate of drug-likeness (QED) is 0.559. The maximum Gasteiger partial charge on any atom is 0.231 e. The van der Waals surface area contributed by atoms with Crippen molar-refractivity contribution >= 4 is 0 Å². The lowest BCUT2D eigenvalue weighted by Crippen LogP contribution is -2.40. The Morgan fingerprint density at radius 2 is 1.90 bits per heavy atom. The molecule has 2 atom stereocenters. The fraction of sp³-hybridized carbons (Fsp3) is 0.500. The molecule has 160 valence electrons. The second kappa shape index (κ2) is 7.67. The predicted molar refractivity (Wildman–Crippen MR) is 112 cm³/mol. The molecule has 3 heterocycles. The molecule has 0 bridgehead atoms. The van der Waals surface area contributed by atoms with Crippen LogP contribution >= 0.6 is 0 Å². The van der Waals surface area contributed by atoms with Crippen molar-refractivity contribution in [2.75, 3.05) is 40.6 Å².